The van der Waals surface area contributed by atoms with E-state index in [9.17, 15) is 9.90 Å². The fourth-order valence-corrected chi connectivity index (χ4v) is 5.94. The molecule has 1 unspecified atom stereocenters. The molecular formula is C18H22N4O2. The summed E-state index contributed by atoms with van der Waals surface area (Å²) in [6, 6.07) is 3.85. The minimum atomic E-state index is -0.546. The highest BCUT2D eigenvalue weighted by Crippen LogP contribution is 2.58. The summed E-state index contributed by atoms with van der Waals surface area (Å²) >= 11 is 0. The van der Waals surface area contributed by atoms with E-state index in [1.54, 1.807) is 4.52 Å². The van der Waals surface area contributed by atoms with E-state index in [1.165, 1.54) is 12.6 Å². The molecule has 4 fully saturated rings. The van der Waals surface area contributed by atoms with Crippen LogP contribution in [0.2, 0.25) is 0 Å². The summed E-state index contributed by atoms with van der Waals surface area (Å²) in [5.41, 5.74) is 6.93. The van der Waals surface area contributed by atoms with E-state index in [1.807, 2.05) is 18.3 Å². The summed E-state index contributed by atoms with van der Waals surface area (Å²) in [5, 5.41) is 18.9. The minimum absolute atomic E-state index is 0.144. The summed E-state index contributed by atoms with van der Waals surface area (Å²) in [7, 11) is 0. The SMILES string of the molecule is NC(=O)c1cnn2cccc2c1N[C@]12C[C@@H]3C[C@@H](CC(O)(C3)C1)C2. The van der Waals surface area contributed by atoms with Crippen LogP contribution in [-0.2, 0) is 0 Å². The fourth-order valence-electron chi connectivity index (χ4n) is 5.94. The van der Waals surface area contributed by atoms with Crippen LogP contribution in [0.5, 0.6) is 0 Å². The van der Waals surface area contributed by atoms with Crippen LogP contribution >= 0.6 is 0 Å². The monoisotopic (exact) mass is 326 g/mol. The average Bonchev–Trinajstić information content (AvgIpc) is 2.93. The van der Waals surface area contributed by atoms with Gasteiger partial charge in [-0.15, -0.1) is 0 Å². The Bertz CT molecular complexity index is 829. The molecule has 4 bridgehead atoms. The number of amides is 1. The van der Waals surface area contributed by atoms with Crippen molar-refractivity contribution in [2.75, 3.05) is 5.32 Å². The number of hydrogen-bond donors (Lipinski definition) is 3. The van der Waals surface area contributed by atoms with Gasteiger partial charge < -0.3 is 16.2 Å². The smallest absolute Gasteiger partial charge is 0.252 e. The maximum atomic E-state index is 11.9. The molecular weight excluding hydrogens is 304 g/mol. The number of primary amides is 1. The molecule has 0 radical (unpaired) electrons. The molecule has 2 aromatic rings. The molecule has 2 heterocycles. The lowest BCUT2D eigenvalue weighted by atomic mass is 9.51. The van der Waals surface area contributed by atoms with Gasteiger partial charge in [-0.25, -0.2) is 4.52 Å². The molecule has 1 amide bonds. The van der Waals surface area contributed by atoms with Crippen LogP contribution in [0.15, 0.2) is 24.5 Å². The van der Waals surface area contributed by atoms with Crippen LogP contribution in [0.25, 0.3) is 5.52 Å². The number of anilines is 1. The summed E-state index contributed by atoms with van der Waals surface area (Å²) < 4.78 is 1.75. The van der Waals surface area contributed by atoms with Crippen LogP contribution in [0.3, 0.4) is 0 Å². The van der Waals surface area contributed by atoms with Crippen molar-refractivity contribution in [3.8, 4) is 0 Å². The van der Waals surface area contributed by atoms with Gasteiger partial charge in [0.05, 0.1) is 28.6 Å². The molecule has 0 saturated heterocycles. The second-order valence-electron chi connectivity index (χ2n) is 8.23. The Balaban J connectivity index is 1.61. The molecule has 0 aromatic carbocycles. The van der Waals surface area contributed by atoms with Gasteiger partial charge >= 0.3 is 0 Å². The Labute approximate surface area is 140 Å². The van der Waals surface area contributed by atoms with E-state index >= 15 is 0 Å². The molecule has 4 aliphatic rings. The zero-order chi connectivity index (χ0) is 16.5. The van der Waals surface area contributed by atoms with E-state index in [0.29, 0.717) is 17.4 Å². The lowest BCUT2D eigenvalue weighted by Gasteiger charge is -2.60. The van der Waals surface area contributed by atoms with Gasteiger partial charge in [0.15, 0.2) is 0 Å². The van der Waals surface area contributed by atoms with Crippen LogP contribution in [0, 0.1) is 11.8 Å². The maximum absolute atomic E-state index is 11.9. The highest BCUT2D eigenvalue weighted by Gasteiger charge is 2.57. The Kier molecular flexibility index (Phi) is 2.68. The van der Waals surface area contributed by atoms with Crippen LogP contribution < -0.4 is 11.1 Å². The first-order valence-corrected chi connectivity index (χ1v) is 8.72. The largest absolute Gasteiger partial charge is 0.390 e. The topological polar surface area (TPSA) is 92.7 Å². The summed E-state index contributed by atoms with van der Waals surface area (Å²) in [4.78, 5) is 11.9. The molecule has 6 nitrogen and oxygen atoms in total. The van der Waals surface area contributed by atoms with Crippen molar-refractivity contribution in [1.29, 1.82) is 0 Å². The molecule has 126 valence electrons. The van der Waals surface area contributed by atoms with E-state index in [4.69, 9.17) is 5.73 Å². The molecule has 4 aliphatic carbocycles. The van der Waals surface area contributed by atoms with Gasteiger partial charge in [-0.05, 0) is 62.5 Å². The number of nitrogens with zero attached hydrogens (tertiary/aromatic N) is 2. The Morgan fingerprint density at radius 3 is 2.75 bits per heavy atom. The summed E-state index contributed by atoms with van der Waals surface area (Å²) in [6.07, 6.45) is 9.33. The van der Waals surface area contributed by atoms with Gasteiger partial charge in [0.1, 0.15) is 0 Å². The van der Waals surface area contributed by atoms with Crippen molar-refractivity contribution in [3.63, 3.8) is 0 Å². The van der Waals surface area contributed by atoms with Crippen molar-refractivity contribution >= 4 is 17.1 Å². The van der Waals surface area contributed by atoms with Gasteiger partial charge in [0.25, 0.3) is 5.91 Å². The molecule has 4 atom stereocenters. The molecule has 4 saturated carbocycles. The lowest BCUT2D eigenvalue weighted by Crippen LogP contribution is -2.62. The normalized spacial score (nSPS) is 37.0. The average molecular weight is 326 g/mol. The number of carbonyl (C=O) groups excluding carboxylic acids is 1. The van der Waals surface area contributed by atoms with E-state index in [0.717, 1.165) is 43.3 Å². The van der Waals surface area contributed by atoms with Gasteiger partial charge in [-0.3, -0.25) is 4.79 Å². The Hall–Kier alpha value is -2.08. The highest BCUT2D eigenvalue weighted by atomic mass is 16.3. The molecule has 0 spiro atoms. The number of carbonyl (C=O) groups is 1. The predicted molar refractivity (Wildman–Crippen MR) is 89.7 cm³/mol. The fraction of sp³-hybridized carbons (Fsp3) is 0.556. The summed E-state index contributed by atoms with van der Waals surface area (Å²) in [5.74, 6) is 0.674. The Morgan fingerprint density at radius 2 is 2.08 bits per heavy atom. The number of fused-ring (bicyclic) bond motifs is 1. The van der Waals surface area contributed by atoms with Crippen LogP contribution in [0.1, 0.15) is 48.9 Å². The highest BCUT2D eigenvalue weighted by molar-refractivity contribution is 6.02. The van der Waals surface area contributed by atoms with Crippen molar-refractivity contribution in [3.05, 3.63) is 30.1 Å². The number of hydrogen-bond acceptors (Lipinski definition) is 4. The zero-order valence-electron chi connectivity index (χ0n) is 13.5. The van der Waals surface area contributed by atoms with Crippen LogP contribution in [0.4, 0.5) is 5.69 Å². The number of nitrogens with two attached hydrogens (primary N) is 1. The number of aliphatic hydroxyl groups is 1. The molecule has 24 heavy (non-hydrogen) atoms. The molecule has 6 heteroatoms. The van der Waals surface area contributed by atoms with Crippen LogP contribution in [-0.4, -0.2) is 31.8 Å². The van der Waals surface area contributed by atoms with Crippen molar-refractivity contribution < 1.29 is 9.90 Å². The molecule has 0 aliphatic heterocycles. The lowest BCUT2D eigenvalue weighted by molar-refractivity contribution is -0.127. The third-order valence-electron chi connectivity index (χ3n) is 6.25. The van der Waals surface area contributed by atoms with Gasteiger partial charge in [-0.1, -0.05) is 0 Å². The first-order valence-electron chi connectivity index (χ1n) is 8.72. The molecule has 2 aromatic heterocycles. The predicted octanol–water partition coefficient (Wildman–Crippen LogP) is 1.93. The summed E-state index contributed by atoms with van der Waals surface area (Å²) in [6.45, 7) is 0. The van der Waals surface area contributed by atoms with E-state index < -0.39 is 11.5 Å². The van der Waals surface area contributed by atoms with Gasteiger partial charge in [0, 0.05) is 11.7 Å². The maximum Gasteiger partial charge on any atom is 0.252 e. The van der Waals surface area contributed by atoms with E-state index in [2.05, 4.69) is 10.4 Å². The zero-order valence-corrected chi connectivity index (χ0v) is 13.5. The number of rotatable bonds is 3. The van der Waals surface area contributed by atoms with Crippen molar-refractivity contribution in [2.24, 2.45) is 17.6 Å². The second kappa shape index (κ2) is 4.51. The molecule has 6 rings (SSSR count). The minimum Gasteiger partial charge on any atom is -0.390 e. The first kappa shape index (κ1) is 14.3. The second-order valence-corrected chi connectivity index (χ2v) is 8.23. The quantitative estimate of drug-likeness (QED) is 0.803. The first-order chi connectivity index (χ1) is 11.5. The number of aromatic nitrogens is 2. The van der Waals surface area contributed by atoms with Crippen molar-refractivity contribution in [2.45, 2.75) is 49.7 Å². The Morgan fingerprint density at radius 1 is 1.33 bits per heavy atom. The number of nitrogens with one attached hydrogen (secondary N) is 1. The van der Waals surface area contributed by atoms with E-state index in [-0.39, 0.29) is 5.54 Å². The van der Waals surface area contributed by atoms with Gasteiger partial charge in [0.2, 0.25) is 0 Å². The van der Waals surface area contributed by atoms with Gasteiger partial charge in [-0.2, -0.15) is 5.10 Å². The third kappa shape index (κ3) is 1.99. The standard InChI is InChI=1S/C18H22N4O2/c19-16(23)13-9-20-22-3-1-2-14(22)15(13)21-17-5-11-4-12(6-17)8-18(24,7-11)10-17/h1-3,9,11-12,21,24H,4-8,10H2,(H2,19,23)/t11-,12+,17-,18?. The van der Waals surface area contributed by atoms with Crippen molar-refractivity contribution in [1.82, 2.24) is 9.61 Å². The molecule has 4 N–H and O–H groups in total. The third-order valence-corrected chi connectivity index (χ3v) is 6.25.